The van der Waals surface area contributed by atoms with Crippen molar-refractivity contribution in [2.75, 3.05) is 19.8 Å². The van der Waals surface area contributed by atoms with Crippen molar-refractivity contribution in [2.45, 2.75) is 212 Å². The van der Waals surface area contributed by atoms with Crippen LogP contribution < -0.4 is 5.32 Å². The summed E-state index contributed by atoms with van der Waals surface area (Å²) in [5.74, 6) is -2.38. The fourth-order valence-electron chi connectivity index (χ4n) is 6.10. The fourth-order valence-corrected chi connectivity index (χ4v) is 6.88. The SMILES string of the molecule is CCCCC/C=C\C/C=C\CCCCCCCCCCCCCC(=O)NC(COP(=O)(O)OCC(O)COC(=O)CCCCCCC/C=C\CCCCC)C(=O)O. The Morgan fingerprint density at radius 2 is 0.965 bits per heavy atom. The summed E-state index contributed by atoms with van der Waals surface area (Å²) in [5, 5.41) is 21.8. The predicted molar refractivity (Wildman–Crippen MR) is 231 cm³/mol. The molecule has 0 spiro atoms. The molecule has 11 nitrogen and oxygen atoms in total. The Morgan fingerprint density at radius 3 is 1.44 bits per heavy atom. The van der Waals surface area contributed by atoms with Gasteiger partial charge in [-0.15, -0.1) is 0 Å². The molecule has 57 heavy (non-hydrogen) atoms. The maximum Gasteiger partial charge on any atom is 0.472 e. The Labute approximate surface area is 346 Å². The van der Waals surface area contributed by atoms with Gasteiger partial charge >= 0.3 is 19.8 Å². The Morgan fingerprint density at radius 1 is 0.561 bits per heavy atom. The number of unbranched alkanes of at least 4 members (excludes halogenated alkanes) is 22. The largest absolute Gasteiger partial charge is 0.480 e. The quantitative estimate of drug-likeness (QED) is 0.0201. The van der Waals surface area contributed by atoms with Gasteiger partial charge in [0.15, 0.2) is 6.04 Å². The highest BCUT2D eigenvalue weighted by molar-refractivity contribution is 7.47. The van der Waals surface area contributed by atoms with Gasteiger partial charge in [0.2, 0.25) is 5.91 Å². The van der Waals surface area contributed by atoms with Crippen molar-refractivity contribution in [3.05, 3.63) is 36.5 Å². The van der Waals surface area contributed by atoms with Crippen LogP contribution in [0, 0.1) is 0 Å². The number of ether oxygens (including phenoxy) is 1. The van der Waals surface area contributed by atoms with Gasteiger partial charge < -0.3 is 25.2 Å². The first-order valence-electron chi connectivity index (χ1n) is 22.5. The summed E-state index contributed by atoms with van der Waals surface area (Å²) in [4.78, 5) is 45.9. The highest BCUT2D eigenvalue weighted by Crippen LogP contribution is 2.43. The topological polar surface area (TPSA) is 169 Å². The van der Waals surface area contributed by atoms with Crippen molar-refractivity contribution in [1.29, 1.82) is 0 Å². The highest BCUT2D eigenvalue weighted by atomic mass is 31.2. The maximum absolute atomic E-state index is 12.3. The van der Waals surface area contributed by atoms with Crippen LogP contribution in [0.5, 0.6) is 0 Å². The van der Waals surface area contributed by atoms with E-state index in [1.807, 2.05) is 0 Å². The minimum Gasteiger partial charge on any atom is -0.480 e. The minimum absolute atomic E-state index is 0.143. The van der Waals surface area contributed by atoms with Crippen LogP contribution in [0.3, 0.4) is 0 Å². The normalized spacial score (nSPS) is 14.0. The number of rotatable bonds is 42. The summed E-state index contributed by atoms with van der Waals surface area (Å²) >= 11 is 0. The van der Waals surface area contributed by atoms with Gasteiger partial charge in [-0.25, -0.2) is 9.36 Å². The van der Waals surface area contributed by atoms with E-state index >= 15 is 0 Å². The highest BCUT2D eigenvalue weighted by Gasteiger charge is 2.28. The number of aliphatic hydroxyl groups excluding tert-OH is 1. The van der Waals surface area contributed by atoms with Gasteiger partial charge in [0.05, 0.1) is 13.2 Å². The van der Waals surface area contributed by atoms with E-state index in [1.165, 1.54) is 96.3 Å². The van der Waals surface area contributed by atoms with E-state index in [-0.39, 0.29) is 12.8 Å². The van der Waals surface area contributed by atoms with Crippen molar-refractivity contribution < 1.29 is 47.8 Å². The molecule has 4 N–H and O–H groups in total. The lowest BCUT2D eigenvalue weighted by atomic mass is 10.0. The fraction of sp³-hybridized carbons (Fsp3) is 0.800. The van der Waals surface area contributed by atoms with E-state index in [4.69, 9.17) is 13.8 Å². The van der Waals surface area contributed by atoms with Gasteiger partial charge in [0.1, 0.15) is 12.7 Å². The zero-order valence-electron chi connectivity index (χ0n) is 35.9. The molecule has 0 fully saturated rings. The molecule has 0 aromatic carbocycles. The predicted octanol–water partition coefficient (Wildman–Crippen LogP) is 11.6. The van der Waals surface area contributed by atoms with E-state index in [2.05, 4.69) is 55.6 Å². The van der Waals surface area contributed by atoms with E-state index in [9.17, 15) is 34.1 Å². The molecular weight excluding hydrogens is 745 g/mol. The molecule has 12 heteroatoms. The van der Waals surface area contributed by atoms with Gasteiger partial charge in [-0.05, 0) is 70.6 Å². The number of phosphoric acid groups is 1. The van der Waals surface area contributed by atoms with Crippen LogP contribution in [0.25, 0.3) is 0 Å². The van der Waals surface area contributed by atoms with Gasteiger partial charge in [-0.3, -0.25) is 18.6 Å². The summed E-state index contributed by atoms with van der Waals surface area (Å²) in [6.07, 6.45) is 43.1. The van der Waals surface area contributed by atoms with E-state index in [1.54, 1.807) is 0 Å². The van der Waals surface area contributed by atoms with Crippen LogP contribution in [0.15, 0.2) is 36.5 Å². The molecular formula is C45H82NO10P. The number of carboxylic acids is 1. The number of esters is 1. The number of amides is 1. The van der Waals surface area contributed by atoms with Crippen LogP contribution in [-0.2, 0) is 32.7 Å². The molecule has 332 valence electrons. The monoisotopic (exact) mass is 828 g/mol. The van der Waals surface area contributed by atoms with Crippen LogP contribution in [-0.4, -0.2) is 64.9 Å². The Bertz CT molecular complexity index is 1110. The first-order chi connectivity index (χ1) is 27.6. The van der Waals surface area contributed by atoms with E-state index in [0.29, 0.717) is 12.8 Å². The first-order valence-corrected chi connectivity index (χ1v) is 24.0. The van der Waals surface area contributed by atoms with Crippen molar-refractivity contribution in [3.8, 4) is 0 Å². The number of aliphatic hydroxyl groups is 1. The molecule has 0 rings (SSSR count). The van der Waals surface area contributed by atoms with Gasteiger partial charge in [0, 0.05) is 12.8 Å². The van der Waals surface area contributed by atoms with Crippen molar-refractivity contribution >= 4 is 25.7 Å². The molecule has 0 aliphatic rings. The number of aliphatic carboxylic acids is 1. The molecule has 0 radical (unpaired) electrons. The first kappa shape index (κ1) is 54.7. The molecule has 0 bridgehead atoms. The van der Waals surface area contributed by atoms with Crippen LogP contribution in [0.2, 0.25) is 0 Å². The average Bonchev–Trinajstić information content (AvgIpc) is 3.18. The summed E-state index contributed by atoms with van der Waals surface area (Å²) in [5.41, 5.74) is 0. The smallest absolute Gasteiger partial charge is 0.472 e. The molecule has 0 aromatic rings. The lowest BCUT2D eigenvalue weighted by Crippen LogP contribution is -2.43. The summed E-state index contributed by atoms with van der Waals surface area (Å²) < 4.78 is 26.8. The standard InChI is InChI=1S/C45H82NO10P/c1-3-5-7-9-11-13-15-17-18-19-20-21-22-23-24-25-26-28-30-32-34-36-43(48)46-42(45(50)51)40-56-57(52,53)55-39-41(47)38-54-44(49)37-35-33-31-29-27-16-14-12-10-8-6-4-2/h11-14,17-18,41-42,47H,3-10,15-16,19-40H2,1-2H3,(H,46,48)(H,50,51)(H,52,53)/b13-11-,14-12-,18-17-. The van der Waals surface area contributed by atoms with E-state index < -0.39 is 57.6 Å². The zero-order chi connectivity index (χ0) is 42.1. The second-order valence-corrected chi connectivity index (χ2v) is 16.7. The third-order valence-corrected chi connectivity index (χ3v) is 10.6. The molecule has 1 amide bonds. The lowest BCUT2D eigenvalue weighted by molar-refractivity contribution is -0.147. The third-order valence-electron chi connectivity index (χ3n) is 9.65. The molecule has 3 atom stereocenters. The molecule has 0 aliphatic carbocycles. The summed E-state index contributed by atoms with van der Waals surface area (Å²) in [6.45, 7) is 2.54. The number of carbonyl (C=O) groups is 3. The number of nitrogens with one attached hydrogen (secondary N) is 1. The number of phosphoric ester groups is 1. The van der Waals surface area contributed by atoms with Crippen molar-refractivity contribution in [3.63, 3.8) is 0 Å². The van der Waals surface area contributed by atoms with Gasteiger partial charge in [-0.1, -0.05) is 153 Å². The third kappa shape index (κ3) is 40.3. The number of carboxylic acid groups (broad SMARTS) is 1. The Balaban J connectivity index is 3.88. The van der Waals surface area contributed by atoms with Gasteiger partial charge in [-0.2, -0.15) is 0 Å². The van der Waals surface area contributed by atoms with E-state index in [0.717, 1.165) is 64.2 Å². The molecule has 0 aliphatic heterocycles. The van der Waals surface area contributed by atoms with Crippen LogP contribution >= 0.6 is 7.82 Å². The average molecular weight is 828 g/mol. The van der Waals surface area contributed by atoms with Gasteiger partial charge in [0.25, 0.3) is 0 Å². The zero-order valence-corrected chi connectivity index (χ0v) is 36.8. The van der Waals surface area contributed by atoms with Crippen molar-refractivity contribution in [2.24, 2.45) is 0 Å². The minimum atomic E-state index is -4.76. The summed E-state index contributed by atoms with van der Waals surface area (Å²) in [6, 6.07) is -1.55. The Kier molecular flexibility index (Phi) is 38.8. The number of hydrogen-bond acceptors (Lipinski definition) is 8. The molecule has 0 heterocycles. The molecule has 3 unspecified atom stereocenters. The van der Waals surface area contributed by atoms with Crippen molar-refractivity contribution in [1.82, 2.24) is 5.32 Å². The Hall–Kier alpha value is -2.30. The number of allylic oxidation sites excluding steroid dienone is 6. The molecule has 0 saturated heterocycles. The number of carbonyl (C=O) groups excluding carboxylic acids is 2. The summed E-state index contributed by atoms with van der Waals surface area (Å²) in [7, 11) is -4.76. The maximum atomic E-state index is 12.3. The molecule has 0 aromatic heterocycles. The lowest BCUT2D eigenvalue weighted by Gasteiger charge is -2.18. The van der Waals surface area contributed by atoms with Crippen LogP contribution in [0.4, 0.5) is 0 Å². The second-order valence-electron chi connectivity index (χ2n) is 15.2. The number of hydrogen-bond donors (Lipinski definition) is 4. The molecule has 0 saturated carbocycles. The second kappa shape index (κ2) is 40.5. The van der Waals surface area contributed by atoms with Crippen LogP contribution in [0.1, 0.15) is 200 Å².